The zero-order valence-corrected chi connectivity index (χ0v) is 17.5. The van der Waals surface area contributed by atoms with E-state index >= 15 is 0 Å². The molecule has 0 radical (unpaired) electrons. The van der Waals surface area contributed by atoms with Gasteiger partial charge in [-0.3, -0.25) is 0 Å². The van der Waals surface area contributed by atoms with E-state index in [1.165, 1.54) is 12.1 Å². The van der Waals surface area contributed by atoms with Gasteiger partial charge < -0.3 is 5.11 Å². The topological polar surface area (TPSA) is 57.3 Å². The Labute approximate surface area is 173 Å². The van der Waals surface area contributed by atoms with Crippen molar-refractivity contribution in [3.8, 4) is 16.9 Å². The molecule has 0 saturated heterocycles. The Kier molecular flexibility index (Phi) is 7.97. The monoisotopic (exact) mass is 431 g/mol. The number of isothiocyanates is 3. The van der Waals surface area contributed by atoms with Crippen molar-refractivity contribution in [3.63, 3.8) is 0 Å². The smallest absolute Gasteiger partial charge is 0.461 e. The van der Waals surface area contributed by atoms with E-state index in [-0.39, 0.29) is 11.6 Å². The van der Waals surface area contributed by atoms with Gasteiger partial charge in [0.15, 0.2) is 0 Å². The lowest BCUT2D eigenvalue weighted by Gasteiger charge is -2.14. The molecule has 0 saturated carbocycles. The highest BCUT2D eigenvalue weighted by Crippen LogP contribution is 2.29. The first-order valence-corrected chi connectivity index (χ1v) is 11.2. The summed E-state index contributed by atoms with van der Waals surface area (Å²) in [6, 6.07) is 11.8. The first kappa shape index (κ1) is 21.1. The van der Waals surface area contributed by atoms with Gasteiger partial charge in [0.05, 0.1) is 15.5 Å². The normalized spacial score (nSPS) is 12.0. The van der Waals surface area contributed by atoms with Crippen LogP contribution in [0, 0.1) is 5.82 Å². The minimum atomic E-state index is -2.95. The van der Waals surface area contributed by atoms with Gasteiger partial charge in [-0.2, -0.15) is 0 Å². The summed E-state index contributed by atoms with van der Waals surface area (Å²) in [6.07, 6.45) is 1.26. The van der Waals surface area contributed by atoms with Gasteiger partial charge in [0.2, 0.25) is 0 Å². The Morgan fingerprint density at radius 3 is 2.07 bits per heavy atom. The van der Waals surface area contributed by atoms with E-state index in [1.54, 1.807) is 24.3 Å². The van der Waals surface area contributed by atoms with E-state index < -0.39 is 8.56 Å². The fraction of sp³-hybridized carbons (Fsp3) is 0.167. The van der Waals surface area contributed by atoms with Crippen LogP contribution in [0.25, 0.3) is 11.1 Å². The largest absolute Gasteiger partial charge is 0.508 e. The molecule has 9 heteroatoms. The number of phenols is 1. The van der Waals surface area contributed by atoms with Crippen LogP contribution in [0.3, 0.4) is 0 Å². The third-order valence-corrected chi connectivity index (χ3v) is 7.07. The van der Waals surface area contributed by atoms with Crippen molar-refractivity contribution in [1.82, 2.24) is 0 Å². The summed E-state index contributed by atoms with van der Waals surface area (Å²) < 4.78 is 25.5. The molecule has 0 aliphatic carbocycles. The molecular weight excluding hydrogens is 418 g/mol. The van der Waals surface area contributed by atoms with Crippen molar-refractivity contribution < 1.29 is 9.50 Å². The lowest BCUT2D eigenvalue weighted by atomic mass is 9.96. The highest BCUT2D eigenvalue weighted by molar-refractivity contribution is 7.78. The maximum Gasteiger partial charge on any atom is 0.461 e. The maximum atomic E-state index is 13.2. The highest BCUT2D eigenvalue weighted by Gasteiger charge is 2.33. The highest BCUT2D eigenvalue weighted by atomic mass is 32.1. The first-order valence-electron chi connectivity index (χ1n) is 7.88. The predicted octanol–water partition coefficient (Wildman–Crippen LogP) is 5.38. The Bertz CT molecular complexity index is 919. The van der Waals surface area contributed by atoms with Crippen LogP contribution >= 0.6 is 36.7 Å². The van der Waals surface area contributed by atoms with Gasteiger partial charge in [-0.1, -0.05) is 18.2 Å². The molecule has 2 aromatic carbocycles. The predicted molar refractivity (Wildman–Crippen MR) is 117 cm³/mol. The molecule has 0 aromatic heterocycles. The molecule has 0 bridgehead atoms. The summed E-state index contributed by atoms with van der Waals surface area (Å²) in [5.41, 5.74) is 2.68. The van der Waals surface area contributed by atoms with Gasteiger partial charge in [0.25, 0.3) is 0 Å². The van der Waals surface area contributed by atoms with Crippen molar-refractivity contribution in [3.05, 3.63) is 53.8 Å². The van der Waals surface area contributed by atoms with Crippen LogP contribution in [-0.4, -0.2) is 29.1 Å². The van der Waals surface area contributed by atoms with Crippen LogP contribution in [0.2, 0.25) is 6.04 Å². The van der Waals surface area contributed by atoms with Crippen LogP contribution in [0.4, 0.5) is 4.39 Å². The Balaban J connectivity index is 2.28. The van der Waals surface area contributed by atoms with Gasteiger partial charge in [-0.15, -0.1) is 0 Å². The molecule has 1 N–H and O–H groups in total. The van der Waals surface area contributed by atoms with Gasteiger partial charge >= 0.3 is 8.56 Å². The van der Waals surface area contributed by atoms with Crippen molar-refractivity contribution in [2.45, 2.75) is 18.9 Å². The second-order valence-electron chi connectivity index (χ2n) is 5.59. The number of phenolic OH excluding ortho intramolecular Hbond substituents is 1. The average molecular weight is 432 g/mol. The fourth-order valence-corrected chi connectivity index (χ4v) is 5.57. The summed E-state index contributed by atoms with van der Waals surface area (Å²) in [4.78, 5) is 0. The van der Waals surface area contributed by atoms with Crippen LogP contribution in [0.15, 0.2) is 56.4 Å². The minimum absolute atomic E-state index is 0.158. The van der Waals surface area contributed by atoms with Crippen LogP contribution < -0.4 is 0 Å². The van der Waals surface area contributed by atoms with E-state index in [0.29, 0.717) is 18.9 Å². The van der Waals surface area contributed by atoms with E-state index in [1.807, 2.05) is 6.07 Å². The Morgan fingerprint density at radius 2 is 1.52 bits per heavy atom. The summed E-state index contributed by atoms with van der Waals surface area (Å²) in [5.74, 6) is -0.144. The number of benzene rings is 2. The number of rotatable bonds is 8. The van der Waals surface area contributed by atoms with Crippen molar-refractivity contribution in [2.75, 3.05) is 0 Å². The van der Waals surface area contributed by atoms with Crippen molar-refractivity contribution in [1.29, 1.82) is 0 Å². The van der Waals surface area contributed by atoms with Gasteiger partial charge in [0, 0.05) is 6.04 Å². The SMILES string of the molecule is Oc1ccc(-c2ccc(F)cc2)c(CCC[Si](N=C=S)(N=C=S)N=C=S)c1. The molecule has 0 atom stereocenters. The first-order chi connectivity index (χ1) is 13.0. The molecule has 0 heterocycles. The van der Waals surface area contributed by atoms with Gasteiger partial charge in [-0.25, -0.2) is 18.4 Å². The summed E-state index contributed by atoms with van der Waals surface area (Å²) in [5, 5.41) is 16.8. The fourth-order valence-electron chi connectivity index (χ4n) is 2.68. The lowest BCUT2D eigenvalue weighted by Crippen LogP contribution is -2.27. The minimum Gasteiger partial charge on any atom is -0.508 e. The molecule has 0 unspecified atom stereocenters. The molecule has 0 fully saturated rings. The van der Waals surface area contributed by atoms with Gasteiger partial charge in [-0.05, 0) is 90.5 Å². The van der Waals surface area contributed by atoms with Gasteiger partial charge in [0.1, 0.15) is 11.6 Å². The van der Waals surface area contributed by atoms with E-state index in [4.69, 9.17) is 36.7 Å². The number of aryl methyl sites for hydroxylation is 1. The molecule has 27 heavy (non-hydrogen) atoms. The number of thiocarbonyl (C=S) groups is 3. The molecule has 2 rings (SSSR count). The third-order valence-electron chi connectivity index (χ3n) is 3.88. The molecule has 0 spiro atoms. The number of hydrogen-bond donors (Lipinski definition) is 1. The van der Waals surface area contributed by atoms with E-state index in [0.717, 1.165) is 16.7 Å². The molecule has 0 amide bonds. The number of halogens is 1. The number of hydrogen-bond acceptors (Lipinski definition) is 7. The van der Waals surface area contributed by atoms with Crippen LogP contribution in [0.1, 0.15) is 12.0 Å². The molecule has 0 aliphatic rings. The maximum absolute atomic E-state index is 13.2. The standard InChI is InChI=1S/C18H14FN3OS3Si/c19-16-5-3-14(4-6-16)18-8-7-17(23)10-15(18)2-1-9-27(20-11-24,21-12-25)22-13-26/h3-8,10,23H,1-2,9H2. The second kappa shape index (κ2) is 10.2. The lowest BCUT2D eigenvalue weighted by molar-refractivity contribution is 0.474. The number of nitrogens with zero attached hydrogens (tertiary/aromatic N) is 3. The zero-order valence-electron chi connectivity index (χ0n) is 14.1. The van der Waals surface area contributed by atoms with Crippen molar-refractivity contribution in [2.24, 2.45) is 14.0 Å². The molecule has 4 nitrogen and oxygen atoms in total. The van der Waals surface area contributed by atoms with Crippen molar-refractivity contribution >= 4 is 60.7 Å². The Hall–Kier alpha value is -2.21. The Morgan fingerprint density at radius 1 is 0.926 bits per heavy atom. The molecular formula is C18H14FN3OS3Si. The number of aromatic hydroxyl groups is 1. The molecule has 0 aliphatic heterocycles. The summed E-state index contributed by atoms with van der Waals surface area (Å²) in [6.45, 7) is 0. The summed E-state index contributed by atoms with van der Waals surface area (Å²) >= 11 is 14.1. The molecule has 2 aromatic rings. The van der Waals surface area contributed by atoms with E-state index in [9.17, 15) is 9.50 Å². The van der Waals surface area contributed by atoms with E-state index in [2.05, 4.69) is 29.5 Å². The third kappa shape index (κ3) is 5.89. The van der Waals surface area contributed by atoms with Crippen LogP contribution in [0.5, 0.6) is 5.75 Å². The summed E-state index contributed by atoms with van der Waals surface area (Å²) in [7, 11) is -2.95. The van der Waals surface area contributed by atoms with Crippen LogP contribution in [-0.2, 0) is 6.42 Å². The molecule has 136 valence electrons. The zero-order chi connectivity index (χ0) is 19.7. The average Bonchev–Trinajstić information content (AvgIpc) is 2.63. The quantitative estimate of drug-likeness (QED) is 0.346. The second-order valence-corrected chi connectivity index (χ2v) is 8.85.